The van der Waals surface area contributed by atoms with Crippen LogP contribution in [0.25, 0.3) is 10.2 Å². The van der Waals surface area contributed by atoms with Gasteiger partial charge < -0.3 is 4.90 Å². The maximum atomic E-state index is 4.70. The zero-order valence-electron chi connectivity index (χ0n) is 9.67. The lowest BCUT2D eigenvalue weighted by Crippen LogP contribution is -2.20. The minimum Gasteiger partial charge on any atom is -0.347 e. The molecule has 2 aromatic heterocycles. The van der Waals surface area contributed by atoms with Crippen LogP contribution in [-0.4, -0.2) is 23.1 Å². The van der Waals surface area contributed by atoms with E-state index in [0.717, 1.165) is 17.4 Å². The molecule has 3 nitrogen and oxygen atoms in total. The second kappa shape index (κ2) is 3.67. The van der Waals surface area contributed by atoms with E-state index in [-0.39, 0.29) is 0 Å². The average Bonchev–Trinajstić information content (AvgIpc) is 3.01. The van der Waals surface area contributed by atoms with E-state index in [1.165, 1.54) is 42.2 Å². The fourth-order valence-electron chi connectivity index (χ4n) is 3.29. The summed E-state index contributed by atoms with van der Waals surface area (Å²) >= 11 is 1.81. The minimum atomic E-state index is 0.931. The Balaban J connectivity index is 1.66. The van der Waals surface area contributed by atoms with Crippen molar-refractivity contribution in [1.82, 2.24) is 9.97 Å². The van der Waals surface area contributed by atoms with Crippen LogP contribution >= 0.6 is 11.3 Å². The van der Waals surface area contributed by atoms with Gasteiger partial charge in [-0.3, -0.25) is 4.98 Å². The topological polar surface area (TPSA) is 29.0 Å². The van der Waals surface area contributed by atoms with E-state index in [2.05, 4.69) is 16.0 Å². The van der Waals surface area contributed by atoms with Gasteiger partial charge >= 0.3 is 0 Å². The molecule has 2 aromatic rings. The van der Waals surface area contributed by atoms with Gasteiger partial charge in [0.1, 0.15) is 5.52 Å². The van der Waals surface area contributed by atoms with Gasteiger partial charge in [-0.15, -0.1) is 0 Å². The van der Waals surface area contributed by atoms with Gasteiger partial charge in [-0.1, -0.05) is 17.8 Å². The number of fused-ring (bicyclic) bond motifs is 2. The highest BCUT2D eigenvalue weighted by atomic mass is 32.1. The Kier molecular flexibility index (Phi) is 2.12. The van der Waals surface area contributed by atoms with Gasteiger partial charge in [-0.25, -0.2) is 4.98 Å². The molecule has 88 valence electrons. The minimum absolute atomic E-state index is 0.931. The summed E-state index contributed by atoms with van der Waals surface area (Å²) in [5, 5.41) is 1.20. The summed E-state index contributed by atoms with van der Waals surface area (Å²) in [4.78, 5) is 11.3. The molecule has 0 radical (unpaired) electrons. The predicted molar refractivity (Wildman–Crippen MR) is 70.5 cm³/mol. The molecule has 2 fully saturated rings. The second-order valence-electron chi connectivity index (χ2n) is 5.20. The van der Waals surface area contributed by atoms with E-state index in [9.17, 15) is 0 Å². The van der Waals surface area contributed by atoms with Crippen molar-refractivity contribution in [3.05, 3.63) is 18.5 Å². The molecular formula is C13H15N3S. The first-order chi connectivity index (χ1) is 8.40. The highest BCUT2D eigenvalue weighted by Gasteiger charge is 2.36. The largest absolute Gasteiger partial charge is 0.347 e. The maximum Gasteiger partial charge on any atom is 0.186 e. The van der Waals surface area contributed by atoms with Crippen LogP contribution in [0.3, 0.4) is 0 Å². The molecule has 1 saturated heterocycles. The lowest BCUT2D eigenvalue weighted by molar-refractivity contribution is 0.494. The van der Waals surface area contributed by atoms with Gasteiger partial charge in [0.2, 0.25) is 0 Å². The van der Waals surface area contributed by atoms with Crippen molar-refractivity contribution >= 4 is 26.7 Å². The lowest BCUT2D eigenvalue weighted by Gasteiger charge is -2.14. The summed E-state index contributed by atoms with van der Waals surface area (Å²) in [7, 11) is 0. The molecule has 0 bridgehead atoms. The van der Waals surface area contributed by atoms with Crippen LogP contribution < -0.4 is 4.90 Å². The number of thiazole rings is 1. The van der Waals surface area contributed by atoms with Crippen LogP contribution in [0.2, 0.25) is 0 Å². The number of aromatic nitrogens is 2. The number of hydrogen-bond acceptors (Lipinski definition) is 4. The monoisotopic (exact) mass is 245 g/mol. The standard InChI is InChI=1S/C13H15N3S/c1-2-9-7-16(8-10(9)3-1)13-15-11-6-14-5-4-12(11)17-13/h4-6,9-10H,1-3,7-8H2. The van der Waals surface area contributed by atoms with E-state index in [1.807, 2.05) is 23.7 Å². The highest BCUT2D eigenvalue weighted by Crippen LogP contribution is 2.41. The molecule has 1 saturated carbocycles. The summed E-state index contributed by atoms with van der Waals surface area (Å²) in [6, 6.07) is 2.06. The Hall–Kier alpha value is -1.16. The first kappa shape index (κ1) is 9.83. The van der Waals surface area contributed by atoms with Gasteiger partial charge in [0, 0.05) is 19.3 Å². The quantitative estimate of drug-likeness (QED) is 0.773. The zero-order valence-corrected chi connectivity index (χ0v) is 10.5. The Morgan fingerprint density at radius 1 is 1.24 bits per heavy atom. The molecule has 2 unspecified atom stereocenters. The molecule has 0 N–H and O–H groups in total. The molecule has 4 heteroatoms. The van der Waals surface area contributed by atoms with Gasteiger partial charge in [0.25, 0.3) is 0 Å². The third-order valence-electron chi connectivity index (χ3n) is 4.18. The fourth-order valence-corrected chi connectivity index (χ4v) is 4.25. The maximum absolute atomic E-state index is 4.70. The summed E-state index contributed by atoms with van der Waals surface area (Å²) in [5.41, 5.74) is 1.05. The fraction of sp³-hybridized carbons (Fsp3) is 0.538. The third kappa shape index (κ3) is 1.54. The Bertz CT molecular complexity index is 505. The normalized spacial score (nSPS) is 27.9. The zero-order chi connectivity index (χ0) is 11.2. The van der Waals surface area contributed by atoms with Crippen molar-refractivity contribution in [1.29, 1.82) is 0 Å². The number of hydrogen-bond donors (Lipinski definition) is 0. The van der Waals surface area contributed by atoms with Crippen molar-refractivity contribution in [2.75, 3.05) is 18.0 Å². The molecule has 4 rings (SSSR count). The van der Waals surface area contributed by atoms with Crippen molar-refractivity contribution in [2.24, 2.45) is 11.8 Å². The molecule has 17 heavy (non-hydrogen) atoms. The summed E-state index contributed by atoms with van der Waals surface area (Å²) in [6.45, 7) is 2.44. The SMILES string of the molecule is c1cc2sc(N3CC4CCCC4C3)nc2cn1. The smallest absolute Gasteiger partial charge is 0.186 e. The molecule has 2 aliphatic rings. The Morgan fingerprint density at radius 2 is 2.06 bits per heavy atom. The van der Waals surface area contributed by atoms with Crippen LogP contribution in [0.5, 0.6) is 0 Å². The molecule has 0 spiro atoms. The number of nitrogens with zero attached hydrogens (tertiary/aromatic N) is 3. The average molecular weight is 245 g/mol. The van der Waals surface area contributed by atoms with Gasteiger partial charge in [0.05, 0.1) is 10.9 Å². The van der Waals surface area contributed by atoms with Crippen LogP contribution in [0, 0.1) is 11.8 Å². The molecule has 1 aliphatic carbocycles. The number of rotatable bonds is 1. The molecular weight excluding hydrogens is 230 g/mol. The predicted octanol–water partition coefficient (Wildman–Crippen LogP) is 2.93. The molecule has 2 atom stereocenters. The van der Waals surface area contributed by atoms with Crippen LogP contribution in [0.4, 0.5) is 5.13 Å². The van der Waals surface area contributed by atoms with E-state index < -0.39 is 0 Å². The van der Waals surface area contributed by atoms with E-state index >= 15 is 0 Å². The molecule has 0 amide bonds. The van der Waals surface area contributed by atoms with Crippen molar-refractivity contribution in [3.63, 3.8) is 0 Å². The van der Waals surface area contributed by atoms with E-state index in [1.54, 1.807) is 0 Å². The molecule has 3 heterocycles. The third-order valence-corrected chi connectivity index (χ3v) is 5.27. The Morgan fingerprint density at radius 3 is 2.82 bits per heavy atom. The van der Waals surface area contributed by atoms with Crippen molar-refractivity contribution < 1.29 is 0 Å². The van der Waals surface area contributed by atoms with E-state index in [0.29, 0.717) is 0 Å². The van der Waals surface area contributed by atoms with Crippen LogP contribution in [0.1, 0.15) is 19.3 Å². The van der Waals surface area contributed by atoms with E-state index in [4.69, 9.17) is 4.98 Å². The second-order valence-corrected chi connectivity index (χ2v) is 6.20. The van der Waals surface area contributed by atoms with Crippen molar-refractivity contribution in [3.8, 4) is 0 Å². The molecule has 0 aromatic carbocycles. The van der Waals surface area contributed by atoms with Crippen LogP contribution in [-0.2, 0) is 0 Å². The Labute approximate surface area is 104 Å². The number of anilines is 1. The first-order valence-electron chi connectivity index (χ1n) is 6.35. The lowest BCUT2D eigenvalue weighted by atomic mass is 10.0. The van der Waals surface area contributed by atoms with Gasteiger partial charge in [-0.05, 0) is 30.7 Å². The van der Waals surface area contributed by atoms with Gasteiger partial charge in [-0.2, -0.15) is 0 Å². The van der Waals surface area contributed by atoms with Crippen molar-refractivity contribution in [2.45, 2.75) is 19.3 Å². The first-order valence-corrected chi connectivity index (χ1v) is 7.17. The summed E-state index contributed by atoms with van der Waals surface area (Å²) in [5.74, 6) is 1.86. The van der Waals surface area contributed by atoms with Gasteiger partial charge in [0.15, 0.2) is 5.13 Å². The summed E-state index contributed by atoms with van der Waals surface area (Å²) in [6.07, 6.45) is 8.00. The number of pyridine rings is 1. The summed E-state index contributed by atoms with van der Waals surface area (Å²) < 4.78 is 1.26. The van der Waals surface area contributed by atoms with Crippen LogP contribution in [0.15, 0.2) is 18.5 Å². The molecule has 1 aliphatic heterocycles. The highest BCUT2D eigenvalue weighted by molar-refractivity contribution is 7.22.